The number of carbonyl (C=O) groups excluding carboxylic acids is 1. The van der Waals surface area contributed by atoms with Gasteiger partial charge in [-0.1, -0.05) is 12.1 Å². The van der Waals surface area contributed by atoms with Crippen LogP contribution in [0.25, 0.3) is 0 Å². The zero-order valence-corrected chi connectivity index (χ0v) is 11.9. The number of rotatable bonds is 3. The summed E-state index contributed by atoms with van der Waals surface area (Å²) in [5.74, 6) is 0.301. The van der Waals surface area contributed by atoms with Crippen LogP contribution in [-0.4, -0.2) is 18.3 Å². The fourth-order valence-corrected chi connectivity index (χ4v) is 2.50. The molecule has 22 heavy (non-hydrogen) atoms. The van der Waals surface area contributed by atoms with Crippen LogP contribution in [0.5, 0.6) is 5.75 Å². The number of ether oxygens (including phenoxy) is 2. The summed E-state index contributed by atoms with van der Waals surface area (Å²) < 4.78 is 10.6. The minimum Gasteiger partial charge on any atom is -0.733 e. The van der Waals surface area contributed by atoms with Gasteiger partial charge in [0.25, 0.3) is 0 Å². The van der Waals surface area contributed by atoms with E-state index >= 15 is 0 Å². The van der Waals surface area contributed by atoms with Crippen molar-refractivity contribution in [3.05, 3.63) is 64.4 Å². The summed E-state index contributed by atoms with van der Waals surface area (Å²) in [6.45, 7) is 0. The standard InChI is InChI=1S/C16H14NO5/c1-21-13-6-7-14-11(8-13)9-15(22-16(14)18)10-2-4-12(5-3-10)17(19)20/h2-8,15,19H,9H2,1H3/q-1/t15-/m0/s1. The molecule has 0 aromatic heterocycles. The SMILES string of the molecule is COc1ccc2c(c1)C[C@@H](c1ccc(N([O-])O)cc1)OC2=O. The number of hydrogen-bond donors (Lipinski definition) is 1. The zero-order chi connectivity index (χ0) is 15.7. The highest BCUT2D eigenvalue weighted by Crippen LogP contribution is 2.33. The number of esters is 1. The maximum Gasteiger partial charge on any atom is 0.339 e. The average molecular weight is 300 g/mol. The first-order valence-corrected chi connectivity index (χ1v) is 6.72. The van der Waals surface area contributed by atoms with Crippen molar-refractivity contribution in [1.82, 2.24) is 0 Å². The van der Waals surface area contributed by atoms with Crippen molar-refractivity contribution in [1.29, 1.82) is 0 Å². The Morgan fingerprint density at radius 1 is 1.27 bits per heavy atom. The third kappa shape index (κ3) is 2.61. The number of fused-ring (bicyclic) bond motifs is 1. The van der Waals surface area contributed by atoms with Gasteiger partial charge < -0.3 is 19.9 Å². The van der Waals surface area contributed by atoms with Crippen LogP contribution in [0.1, 0.15) is 27.6 Å². The summed E-state index contributed by atoms with van der Waals surface area (Å²) >= 11 is 0. The summed E-state index contributed by atoms with van der Waals surface area (Å²) in [7, 11) is 1.57. The highest BCUT2D eigenvalue weighted by molar-refractivity contribution is 5.92. The lowest BCUT2D eigenvalue weighted by molar-refractivity contribution is 0.0252. The summed E-state index contributed by atoms with van der Waals surface area (Å²) in [5, 5.41) is 19.4. The minimum absolute atomic E-state index is 0.118. The van der Waals surface area contributed by atoms with E-state index in [9.17, 15) is 10.0 Å². The molecule has 114 valence electrons. The molecule has 1 heterocycles. The predicted octanol–water partition coefficient (Wildman–Crippen LogP) is 2.84. The molecule has 1 aliphatic rings. The average Bonchev–Trinajstić information content (AvgIpc) is 2.54. The summed E-state index contributed by atoms with van der Waals surface area (Å²) in [6.07, 6.45) is 0.0950. The first kappa shape index (κ1) is 14.4. The highest BCUT2D eigenvalue weighted by atomic mass is 16.8. The Kier molecular flexibility index (Phi) is 3.70. The van der Waals surface area contributed by atoms with Gasteiger partial charge in [-0.3, -0.25) is 5.21 Å². The van der Waals surface area contributed by atoms with E-state index in [1.54, 1.807) is 31.4 Å². The first-order valence-electron chi connectivity index (χ1n) is 6.72. The second-order valence-corrected chi connectivity index (χ2v) is 4.99. The van der Waals surface area contributed by atoms with Gasteiger partial charge >= 0.3 is 5.97 Å². The second-order valence-electron chi connectivity index (χ2n) is 4.99. The molecule has 0 aliphatic carbocycles. The lowest BCUT2D eigenvalue weighted by Gasteiger charge is -2.26. The van der Waals surface area contributed by atoms with Crippen molar-refractivity contribution in [3.63, 3.8) is 0 Å². The van der Waals surface area contributed by atoms with E-state index in [1.165, 1.54) is 12.1 Å². The van der Waals surface area contributed by atoms with E-state index in [1.807, 2.05) is 6.07 Å². The van der Waals surface area contributed by atoms with E-state index in [0.717, 1.165) is 11.1 Å². The van der Waals surface area contributed by atoms with Crippen LogP contribution >= 0.6 is 0 Å². The monoisotopic (exact) mass is 300 g/mol. The largest absolute Gasteiger partial charge is 0.733 e. The molecular weight excluding hydrogens is 286 g/mol. The number of benzene rings is 2. The van der Waals surface area contributed by atoms with Gasteiger partial charge in [-0.2, -0.15) is 0 Å². The van der Waals surface area contributed by atoms with Crippen molar-refractivity contribution in [2.24, 2.45) is 0 Å². The zero-order valence-electron chi connectivity index (χ0n) is 11.9. The molecule has 0 bridgehead atoms. The van der Waals surface area contributed by atoms with Crippen LogP contribution < -0.4 is 9.96 Å². The summed E-state index contributed by atoms with van der Waals surface area (Å²) in [4.78, 5) is 12.1. The van der Waals surface area contributed by atoms with Crippen LogP contribution in [-0.2, 0) is 11.2 Å². The van der Waals surface area contributed by atoms with Crippen molar-refractivity contribution >= 4 is 11.7 Å². The first-order chi connectivity index (χ1) is 10.6. The maximum atomic E-state index is 12.1. The fourth-order valence-electron chi connectivity index (χ4n) is 2.50. The van der Waals surface area contributed by atoms with Crippen molar-refractivity contribution in [2.75, 3.05) is 12.3 Å². The summed E-state index contributed by atoms with van der Waals surface area (Å²) in [6, 6.07) is 11.5. The molecule has 1 atom stereocenters. The summed E-state index contributed by atoms with van der Waals surface area (Å²) in [5.41, 5.74) is 2.27. The molecule has 0 fully saturated rings. The van der Waals surface area contributed by atoms with Crippen LogP contribution in [0.2, 0.25) is 0 Å². The molecule has 3 rings (SSSR count). The molecule has 0 saturated carbocycles. The molecule has 1 aliphatic heterocycles. The molecular formula is C16H14NO5-. The van der Waals surface area contributed by atoms with Crippen LogP contribution in [0, 0.1) is 5.21 Å². The molecule has 2 aromatic rings. The topological polar surface area (TPSA) is 82.1 Å². The van der Waals surface area contributed by atoms with Gasteiger partial charge in [0.05, 0.1) is 18.4 Å². The number of nitrogens with zero attached hydrogens (tertiary/aromatic N) is 1. The molecule has 0 radical (unpaired) electrons. The highest BCUT2D eigenvalue weighted by Gasteiger charge is 2.27. The maximum absolute atomic E-state index is 12.1. The Morgan fingerprint density at radius 2 is 2.00 bits per heavy atom. The number of cyclic esters (lactones) is 1. The third-order valence-corrected chi connectivity index (χ3v) is 3.67. The Labute approximate surface area is 127 Å². The quantitative estimate of drug-likeness (QED) is 0.693. The van der Waals surface area contributed by atoms with Crippen LogP contribution in [0.3, 0.4) is 0 Å². The number of anilines is 1. The Bertz CT molecular complexity index is 696. The van der Waals surface area contributed by atoms with E-state index in [4.69, 9.17) is 14.7 Å². The molecule has 2 aromatic carbocycles. The van der Waals surface area contributed by atoms with E-state index in [0.29, 0.717) is 17.7 Å². The smallest absolute Gasteiger partial charge is 0.339 e. The number of carbonyl (C=O) groups is 1. The van der Waals surface area contributed by atoms with Gasteiger partial charge in [0.15, 0.2) is 0 Å². The normalized spacial score (nSPS) is 16.7. The van der Waals surface area contributed by atoms with Gasteiger partial charge in [0.1, 0.15) is 11.9 Å². The molecule has 1 N–H and O–H groups in total. The van der Waals surface area contributed by atoms with Gasteiger partial charge in [-0.05, 0) is 41.5 Å². The molecule has 0 amide bonds. The van der Waals surface area contributed by atoms with Gasteiger partial charge in [-0.25, -0.2) is 4.79 Å². The molecule has 6 heteroatoms. The lowest BCUT2D eigenvalue weighted by Crippen LogP contribution is -2.21. The minimum atomic E-state index is -0.431. The van der Waals surface area contributed by atoms with Gasteiger partial charge in [0.2, 0.25) is 0 Å². The van der Waals surface area contributed by atoms with Gasteiger partial charge in [0, 0.05) is 6.42 Å². The molecule has 0 saturated heterocycles. The molecule has 0 unspecified atom stereocenters. The van der Waals surface area contributed by atoms with E-state index < -0.39 is 6.10 Å². The predicted molar refractivity (Wildman–Crippen MR) is 78.9 cm³/mol. The number of hydrogen-bond acceptors (Lipinski definition) is 6. The number of methoxy groups -OCH3 is 1. The van der Waals surface area contributed by atoms with Gasteiger partial charge in [-0.15, -0.1) is 0 Å². The van der Waals surface area contributed by atoms with Crippen molar-refractivity contribution in [3.8, 4) is 5.75 Å². The third-order valence-electron chi connectivity index (χ3n) is 3.67. The second kappa shape index (κ2) is 5.67. The molecule has 0 spiro atoms. The Balaban J connectivity index is 1.89. The van der Waals surface area contributed by atoms with Crippen molar-refractivity contribution < 1.29 is 19.5 Å². The van der Waals surface area contributed by atoms with Crippen LogP contribution in [0.15, 0.2) is 42.5 Å². The van der Waals surface area contributed by atoms with E-state index in [2.05, 4.69) is 0 Å². The lowest BCUT2D eigenvalue weighted by atomic mass is 9.94. The Morgan fingerprint density at radius 3 is 2.64 bits per heavy atom. The van der Waals surface area contributed by atoms with E-state index in [-0.39, 0.29) is 16.9 Å². The van der Waals surface area contributed by atoms with Crippen LogP contribution in [0.4, 0.5) is 5.69 Å². The van der Waals surface area contributed by atoms with Crippen molar-refractivity contribution in [2.45, 2.75) is 12.5 Å². The molecule has 6 nitrogen and oxygen atoms in total. The fraction of sp³-hybridized carbons (Fsp3) is 0.188. The Hall–Kier alpha value is -2.57.